The highest BCUT2D eigenvalue weighted by molar-refractivity contribution is 6.24. The molecule has 2 aliphatic heterocycles. The van der Waals surface area contributed by atoms with Gasteiger partial charge in [-0.2, -0.15) is 5.10 Å². The molecule has 25 heavy (non-hydrogen) atoms. The van der Waals surface area contributed by atoms with Crippen molar-refractivity contribution in [2.24, 2.45) is 10.1 Å². The molecule has 2 heterocycles. The topological polar surface area (TPSA) is 40.4 Å². The van der Waals surface area contributed by atoms with Gasteiger partial charge < -0.3 is 9.64 Å². The second-order valence-corrected chi connectivity index (χ2v) is 6.97. The minimum absolute atomic E-state index is 0.0566. The number of halogens is 1. The summed E-state index contributed by atoms with van der Waals surface area (Å²) in [6.45, 7) is 2.70. The van der Waals surface area contributed by atoms with Gasteiger partial charge in [0.15, 0.2) is 5.84 Å². The van der Waals surface area contributed by atoms with Crippen LogP contribution in [0.15, 0.2) is 52.1 Å². The number of ether oxygens (including phenoxy) is 1. The minimum Gasteiger partial charge on any atom is -0.497 e. The zero-order valence-corrected chi connectivity index (χ0v) is 15.4. The van der Waals surface area contributed by atoms with Gasteiger partial charge >= 0.3 is 0 Å². The zero-order valence-electron chi connectivity index (χ0n) is 14.6. The van der Waals surface area contributed by atoms with Crippen LogP contribution in [0.25, 0.3) is 0 Å². The van der Waals surface area contributed by atoms with Crippen molar-refractivity contribution in [1.82, 2.24) is 5.01 Å². The van der Waals surface area contributed by atoms with Crippen molar-refractivity contribution in [3.05, 3.63) is 47.6 Å². The van der Waals surface area contributed by atoms with Gasteiger partial charge in [-0.15, -0.1) is 11.6 Å². The number of allylic oxidation sites excluding steroid dienone is 4. The third kappa shape index (κ3) is 2.72. The summed E-state index contributed by atoms with van der Waals surface area (Å²) in [4.78, 5) is 7.15. The minimum atomic E-state index is 0.0566. The van der Waals surface area contributed by atoms with Crippen LogP contribution in [0.3, 0.4) is 0 Å². The number of hydrogen-bond acceptors (Lipinski definition) is 5. The first-order valence-corrected chi connectivity index (χ1v) is 8.87. The van der Waals surface area contributed by atoms with Gasteiger partial charge in [-0.3, -0.25) is 10.0 Å². The van der Waals surface area contributed by atoms with Crippen LogP contribution in [0.1, 0.15) is 18.9 Å². The zero-order chi connectivity index (χ0) is 17.6. The standard InChI is InChI=1S/C19H21ClN4O/c1-12-23(2)22-18-11-21-19(13-4-6-14(20)7-5-13)16-10-15(25-3)8-9-17(16)24(12)18/h4-6,8-10,12,14H,7,11H2,1-3H3. The Labute approximate surface area is 152 Å². The van der Waals surface area contributed by atoms with E-state index in [0.29, 0.717) is 6.54 Å². The van der Waals surface area contributed by atoms with E-state index >= 15 is 0 Å². The molecule has 130 valence electrons. The van der Waals surface area contributed by atoms with Gasteiger partial charge in [0.2, 0.25) is 0 Å². The van der Waals surface area contributed by atoms with Crippen LogP contribution < -0.4 is 9.64 Å². The summed E-state index contributed by atoms with van der Waals surface area (Å²) in [5, 5.41) is 6.69. The van der Waals surface area contributed by atoms with Crippen molar-refractivity contribution in [3.8, 4) is 5.75 Å². The summed E-state index contributed by atoms with van der Waals surface area (Å²) in [6, 6.07) is 6.14. The molecule has 0 aromatic heterocycles. The van der Waals surface area contributed by atoms with Crippen molar-refractivity contribution in [3.63, 3.8) is 0 Å². The van der Waals surface area contributed by atoms with Crippen LogP contribution in [0.4, 0.5) is 5.69 Å². The number of methoxy groups -OCH3 is 1. The maximum absolute atomic E-state index is 6.19. The lowest BCUT2D eigenvalue weighted by molar-refractivity contribution is 0.304. The highest BCUT2D eigenvalue weighted by Gasteiger charge is 2.34. The molecule has 0 bridgehead atoms. The first kappa shape index (κ1) is 16.2. The Bertz CT molecular complexity index is 827. The maximum atomic E-state index is 6.19. The summed E-state index contributed by atoms with van der Waals surface area (Å²) in [7, 11) is 3.68. The molecule has 0 spiro atoms. The highest BCUT2D eigenvalue weighted by atomic mass is 35.5. The number of amidine groups is 1. The Kier molecular flexibility index (Phi) is 4.04. The normalized spacial score (nSPS) is 24.9. The van der Waals surface area contributed by atoms with E-state index in [-0.39, 0.29) is 11.5 Å². The van der Waals surface area contributed by atoms with Crippen LogP contribution in [-0.4, -0.2) is 48.8 Å². The SMILES string of the molecule is COc1ccc2c(c1)C(C1=CCC(Cl)C=C1)=NCC1=NN(C)C(C)N12. The molecule has 4 rings (SSSR count). The van der Waals surface area contributed by atoms with Gasteiger partial charge in [-0.05, 0) is 37.1 Å². The van der Waals surface area contributed by atoms with Gasteiger partial charge in [0.25, 0.3) is 0 Å². The fourth-order valence-corrected chi connectivity index (χ4v) is 3.60. The van der Waals surface area contributed by atoms with Crippen LogP contribution in [0.5, 0.6) is 5.75 Å². The van der Waals surface area contributed by atoms with Crippen LogP contribution >= 0.6 is 11.6 Å². The van der Waals surface area contributed by atoms with Gasteiger partial charge in [0.1, 0.15) is 11.9 Å². The number of anilines is 1. The van der Waals surface area contributed by atoms with E-state index in [9.17, 15) is 0 Å². The van der Waals surface area contributed by atoms with Crippen molar-refractivity contribution < 1.29 is 4.74 Å². The van der Waals surface area contributed by atoms with E-state index in [1.807, 2.05) is 24.2 Å². The lowest BCUT2D eigenvalue weighted by atomic mass is 9.95. The molecular formula is C19H21ClN4O. The predicted octanol–water partition coefficient (Wildman–Crippen LogP) is 3.40. The average Bonchev–Trinajstić information content (AvgIpc) is 2.81. The average molecular weight is 357 g/mol. The number of alkyl halides is 1. The predicted molar refractivity (Wildman–Crippen MR) is 103 cm³/mol. The van der Waals surface area contributed by atoms with Crippen molar-refractivity contribution in [2.75, 3.05) is 25.6 Å². The van der Waals surface area contributed by atoms with Gasteiger partial charge in [0.05, 0.1) is 30.4 Å². The smallest absolute Gasteiger partial charge is 0.153 e. The van der Waals surface area contributed by atoms with E-state index in [0.717, 1.165) is 40.5 Å². The molecule has 1 aromatic carbocycles. The van der Waals surface area contributed by atoms with E-state index < -0.39 is 0 Å². The summed E-state index contributed by atoms with van der Waals surface area (Å²) in [5.74, 6) is 1.79. The molecule has 3 aliphatic rings. The summed E-state index contributed by atoms with van der Waals surface area (Å²) < 4.78 is 5.46. The van der Waals surface area contributed by atoms with Crippen molar-refractivity contribution in [2.45, 2.75) is 24.9 Å². The second kappa shape index (κ2) is 6.23. The third-order valence-corrected chi connectivity index (χ3v) is 5.21. The molecule has 2 unspecified atom stereocenters. The second-order valence-electron chi connectivity index (χ2n) is 6.41. The Morgan fingerprint density at radius 1 is 1.32 bits per heavy atom. The fourth-order valence-electron chi connectivity index (χ4n) is 3.44. The molecule has 2 atom stereocenters. The molecule has 1 aliphatic carbocycles. The summed E-state index contributed by atoms with van der Waals surface area (Å²) in [5.41, 5.74) is 4.25. The number of hydrazone groups is 1. The molecular weight excluding hydrogens is 336 g/mol. The molecule has 0 radical (unpaired) electrons. The van der Waals surface area contributed by atoms with Crippen molar-refractivity contribution >= 4 is 28.8 Å². The Hall–Kier alpha value is -2.27. The summed E-state index contributed by atoms with van der Waals surface area (Å²) >= 11 is 6.19. The monoisotopic (exact) mass is 356 g/mol. The first-order valence-electron chi connectivity index (χ1n) is 8.43. The molecule has 0 saturated carbocycles. The fraction of sp³-hybridized carbons (Fsp3) is 0.368. The van der Waals surface area contributed by atoms with E-state index in [1.54, 1.807) is 7.11 Å². The Morgan fingerprint density at radius 2 is 2.16 bits per heavy atom. The number of benzene rings is 1. The highest BCUT2D eigenvalue weighted by Crippen LogP contribution is 2.35. The Morgan fingerprint density at radius 3 is 2.88 bits per heavy atom. The van der Waals surface area contributed by atoms with Gasteiger partial charge in [-0.1, -0.05) is 18.2 Å². The molecule has 0 amide bonds. The van der Waals surface area contributed by atoms with Gasteiger partial charge in [-0.25, -0.2) is 0 Å². The Balaban J connectivity index is 1.86. The lowest BCUT2D eigenvalue weighted by Gasteiger charge is -2.28. The number of rotatable bonds is 2. The number of hydrogen-bond donors (Lipinski definition) is 0. The molecule has 1 aromatic rings. The number of fused-ring (bicyclic) bond motifs is 3. The van der Waals surface area contributed by atoms with E-state index in [2.05, 4.69) is 41.2 Å². The largest absolute Gasteiger partial charge is 0.497 e. The van der Waals surface area contributed by atoms with E-state index in [4.69, 9.17) is 21.3 Å². The number of nitrogens with zero attached hydrogens (tertiary/aromatic N) is 4. The molecule has 5 nitrogen and oxygen atoms in total. The third-order valence-electron chi connectivity index (χ3n) is 4.88. The number of aliphatic imine (C=N–C) groups is 1. The molecule has 6 heteroatoms. The van der Waals surface area contributed by atoms with Gasteiger partial charge in [0, 0.05) is 12.6 Å². The van der Waals surface area contributed by atoms with Crippen molar-refractivity contribution in [1.29, 1.82) is 0 Å². The first-order chi connectivity index (χ1) is 12.1. The van der Waals surface area contributed by atoms with E-state index in [1.165, 1.54) is 0 Å². The van der Waals surface area contributed by atoms with Crippen LogP contribution in [0.2, 0.25) is 0 Å². The molecule has 0 saturated heterocycles. The molecule has 0 N–H and O–H groups in total. The maximum Gasteiger partial charge on any atom is 0.153 e. The van der Waals surface area contributed by atoms with Crippen LogP contribution in [0, 0.1) is 0 Å². The summed E-state index contributed by atoms with van der Waals surface area (Å²) in [6.07, 6.45) is 7.22. The quantitative estimate of drug-likeness (QED) is 0.762. The lowest BCUT2D eigenvalue weighted by Crippen LogP contribution is -2.39. The van der Waals surface area contributed by atoms with Crippen LogP contribution in [-0.2, 0) is 0 Å². The molecule has 0 fully saturated rings.